The van der Waals surface area contributed by atoms with Gasteiger partial charge in [0.2, 0.25) is 0 Å². The summed E-state index contributed by atoms with van der Waals surface area (Å²) in [5.41, 5.74) is 0.619. The van der Waals surface area contributed by atoms with E-state index < -0.39 is 18.1 Å². The summed E-state index contributed by atoms with van der Waals surface area (Å²) in [5, 5.41) is 11.6. The van der Waals surface area contributed by atoms with Crippen LogP contribution in [0.4, 0.5) is 0 Å². The molecule has 2 rings (SSSR count). The third kappa shape index (κ3) is 3.63. The number of amides is 1. The molecule has 116 valence electrons. The minimum absolute atomic E-state index is 0.157. The minimum Gasteiger partial charge on any atom is -0.467 e. The predicted molar refractivity (Wildman–Crippen MR) is 80.4 cm³/mol. The number of ether oxygens (including phenoxy) is 1. The van der Waals surface area contributed by atoms with Crippen molar-refractivity contribution in [1.82, 2.24) is 4.90 Å². The van der Waals surface area contributed by atoms with E-state index in [0.717, 1.165) is 12.8 Å². The molecule has 1 aromatic heterocycles. The first-order valence-electron chi connectivity index (χ1n) is 7.21. The van der Waals surface area contributed by atoms with Gasteiger partial charge in [0.25, 0.3) is 5.91 Å². The lowest BCUT2D eigenvalue weighted by Crippen LogP contribution is -2.51. The van der Waals surface area contributed by atoms with Crippen molar-refractivity contribution in [2.45, 2.75) is 44.8 Å². The largest absolute Gasteiger partial charge is 0.467 e. The van der Waals surface area contributed by atoms with E-state index in [1.807, 2.05) is 11.4 Å². The van der Waals surface area contributed by atoms with Crippen molar-refractivity contribution in [1.29, 1.82) is 0 Å². The number of carbonyl (C=O) groups excluding carboxylic acids is 2. The van der Waals surface area contributed by atoms with Gasteiger partial charge in [-0.15, -0.1) is 11.3 Å². The molecule has 0 aromatic carbocycles. The molecule has 5 nitrogen and oxygen atoms in total. The fourth-order valence-corrected chi connectivity index (χ4v) is 3.55. The van der Waals surface area contributed by atoms with Gasteiger partial charge in [-0.05, 0) is 18.9 Å². The Morgan fingerprint density at radius 1 is 1.52 bits per heavy atom. The van der Waals surface area contributed by atoms with Crippen LogP contribution < -0.4 is 0 Å². The molecule has 0 bridgehead atoms. The quantitative estimate of drug-likeness (QED) is 0.862. The van der Waals surface area contributed by atoms with Crippen LogP contribution in [0, 0.1) is 0 Å². The predicted octanol–water partition coefficient (Wildman–Crippen LogP) is 1.84. The molecule has 6 heteroatoms. The lowest BCUT2D eigenvalue weighted by atomic mass is 9.98. The molecule has 1 saturated heterocycles. The van der Waals surface area contributed by atoms with Crippen LogP contribution in [0.25, 0.3) is 0 Å². The van der Waals surface area contributed by atoms with Gasteiger partial charge in [0, 0.05) is 23.2 Å². The Labute approximate surface area is 128 Å². The summed E-state index contributed by atoms with van der Waals surface area (Å²) in [4.78, 5) is 27.1. The highest BCUT2D eigenvalue weighted by atomic mass is 32.1. The first kappa shape index (κ1) is 16.0. The maximum Gasteiger partial charge on any atom is 0.328 e. The maximum absolute atomic E-state index is 12.6. The van der Waals surface area contributed by atoms with Gasteiger partial charge in [0.15, 0.2) is 0 Å². The van der Waals surface area contributed by atoms with Crippen LogP contribution in [-0.4, -0.2) is 47.7 Å². The SMILES string of the molecule is CCCc1cc(C(=O)N2CC[C@@H](O)C[C@H]2C(=O)OC)cs1. The van der Waals surface area contributed by atoms with E-state index in [9.17, 15) is 14.7 Å². The molecule has 1 N–H and O–H groups in total. The number of aliphatic hydroxyl groups is 1. The lowest BCUT2D eigenvalue weighted by Gasteiger charge is -2.35. The van der Waals surface area contributed by atoms with Gasteiger partial charge >= 0.3 is 5.97 Å². The third-order valence-corrected chi connectivity index (χ3v) is 4.70. The first-order chi connectivity index (χ1) is 10.1. The molecular formula is C15H21NO4S. The molecule has 2 atom stereocenters. The molecule has 2 heterocycles. The highest BCUT2D eigenvalue weighted by Crippen LogP contribution is 2.24. The van der Waals surface area contributed by atoms with Crippen LogP contribution in [0.3, 0.4) is 0 Å². The summed E-state index contributed by atoms with van der Waals surface area (Å²) in [6, 6.07) is 1.20. The van der Waals surface area contributed by atoms with Gasteiger partial charge in [0.1, 0.15) is 6.04 Å². The number of piperidine rings is 1. The number of hydrogen-bond acceptors (Lipinski definition) is 5. The molecule has 0 unspecified atom stereocenters. The molecular weight excluding hydrogens is 290 g/mol. The Hall–Kier alpha value is -1.40. The average Bonchev–Trinajstić information content (AvgIpc) is 2.94. The van der Waals surface area contributed by atoms with Crippen LogP contribution in [0.5, 0.6) is 0 Å². The van der Waals surface area contributed by atoms with Gasteiger partial charge in [-0.25, -0.2) is 4.79 Å². The second kappa shape index (κ2) is 7.04. The highest BCUT2D eigenvalue weighted by molar-refractivity contribution is 7.10. The normalized spacial score (nSPS) is 22.1. The second-order valence-corrected chi connectivity index (χ2v) is 6.26. The summed E-state index contributed by atoms with van der Waals surface area (Å²) in [6.45, 7) is 2.47. The van der Waals surface area contributed by atoms with Crippen molar-refractivity contribution in [3.8, 4) is 0 Å². The number of aryl methyl sites for hydroxylation is 1. The monoisotopic (exact) mass is 311 g/mol. The number of aliphatic hydroxyl groups excluding tert-OH is 1. The van der Waals surface area contributed by atoms with Gasteiger partial charge in [-0.1, -0.05) is 13.3 Å². The summed E-state index contributed by atoms with van der Waals surface area (Å²) < 4.78 is 4.76. The fraction of sp³-hybridized carbons (Fsp3) is 0.600. The molecule has 21 heavy (non-hydrogen) atoms. The molecule has 0 radical (unpaired) electrons. The van der Waals surface area contributed by atoms with Crippen molar-refractivity contribution in [2.75, 3.05) is 13.7 Å². The molecule has 1 amide bonds. The van der Waals surface area contributed by atoms with Crippen LogP contribution in [0.2, 0.25) is 0 Å². The van der Waals surface area contributed by atoms with Gasteiger partial charge in [0.05, 0.1) is 18.8 Å². The van der Waals surface area contributed by atoms with Gasteiger partial charge in [-0.2, -0.15) is 0 Å². The van der Waals surface area contributed by atoms with E-state index in [-0.39, 0.29) is 12.3 Å². The van der Waals surface area contributed by atoms with Gasteiger partial charge < -0.3 is 14.7 Å². The smallest absolute Gasteiger partial charge is 0.328 e. The van der Waals surface area contributed by atoms with Crippen molar-refractivity contribution in [2.24, 2.45) is 0 Å². The summed E-state index contributed by atoms with van der Waals surface area (Å²) in [5.74, 6) is -0.623. The molecule has 1 aromatic rings. The Kier molecular flexibility index (Phi) is 5.36. The number of thiophene rings is 1. The Balaban J connectivity index is 2.16. The van der Waals surface area contributed by atoms with Gasteiger partial charge in [-0.3, -0.25) is 4.79 Å². The number of hydrogen-bond donors (Lipinski definition) is 1. The van der Waals surface area contributed by atoms with E-state index >= 15 is 0 Å². The molecule has 1 aliphatic heterocycles. The third-order valence-electron chi connectivity index (χ3n) is 3.71. The molecule has 0 saturated carbocycles. The zero-order valence-corrected chi connectivity index (χ0v) is 13.2. The van der Waals surface area contributed by atoms with E-state index in [2.05, 4.69) is 6.92 Å². The standard InChI is InChI=1S/C15H21NO4S/c1-3-4-12-7-10(9-21-12)14(18)16-6-5-11(17)8-13(16)15(19)20-2/h7,9,11,13,17H,3-6,8H2,1-2H3/t11-,13+/m1/s1. The van der Waals surface area contributed by atoms with Crippen molar-refractivity contribution in [3.63, 3.8) is 0 Å². The molecule has 1 aliphatic rings. The number of esters is 1. The van der Waals surface area contributed by atoms with Crippen molar-refractivity contribution < 1.29 is 19.4 Å². The van der Waals surface area contributed by atoms with Crippen LogP contribution in [-0.2, 0) is 16.0 Å². The topological polar surface area (TPSA) is 66.8 Å². The Morgan fingerprint density at radius 3 is 2.95 bits per heavy atom. The van der Waals surface area contributed by atoms with Crippen LogP contribution >= 0.6 is 11.3 Å². The number of carbonyl (C=O) groups is 2. The summed E-state index contributed by atoms with van der Waals surface area (Å²) >= 11 is 1.57. The maximum atomic E-state index is 12.6. The van der Waals surface area contributed by atoms with Crippen molar-refractivity contribution in [3.05, 3.63) is 21.9 Å². The van der Waals surface area contributed by atoms with E-state index in [1.54, 1.807) is 11.3 Å². The Morgan fingerprint density at radius 2 is 2.29 bits per heavy atom. The number of rotatable bonds is 4. The molecule has 1 fully saturated rings. The molecule has 0 aliphatic carbocycles. The lowest BCUT2D eigenvalue weighted by molar-refractivity contribution is -0.148. The highest BCUT2D eigenvalue weighted by Gasteiger charge is 2.36. The Bertz CT molecular complexity index is 514. The average molecular weight is 311 g/mol. The molecule has 0 spiro atoms. The number of nitrogens with zero attached hydrogens (tertiary/aromatic N) is 1. The fourth-order valence-electron chi connectivity index (χ4n) is 2.59. The van der Waals surface area contributed by atoms with E-state index in [4.69, 9.17) is 4.74 Å². The second-order valence-electron chi connectivity index (χ2n) is 5.27. The van der Waals surface area contributed by atoms with E-state index in [0.29, 0.717) is 18.5 Å². The summed E-state index contributed by atoms with van der Waals surface area (Å²) in [7, 11) is 1.30. The van der Waals surface area contributed by atoms with Crippen molar-refractivity contribution >= 4 is 23.2 Å². The number of likely N-dealkylation sites (tertiary alicyclic amines) is 1. The number of methoxy groups -OCH3 is 1. The first-order valence-corrected chi connectivity index (χ1v) is 8.09. The van der Waals surface area contributed by atoms with Crippen LogP contribution in [0.1, 0.15) is 41.4 Å². The van der Waals surface area contributed by atoms with Crippen LogP contribution in [0.15, 0.2) is 11.4 Å². The minimum atomic E-state index is -0.694. The van der Waals surface area contributed by atoms with E-state index in [1.165, 1.54) is 16.9 Å². The zero-order chi connectivity index (χ0) is 15.4. The zero-order valence-electron chi connectivity index (χ0n) is 12.4. The summed E-state index contributed by atoms with van der Waals surface area (Å²) in [6.07, 6.45) is 2.16.